The summed E-state index contributed by atoms with van der Waals surface area (Å²) in [6.45, 7) is 1.92. The first kappa shape index (κ1) is 12.9. The van der Waals surface area contributed by atoms with Gasteiger partial charge in [-0.05, 0) is 13.3 Å². The van der Waals surface area contributed by atoms with Crippen LogP contribution in [0, 0.1) is 5.92 Å². The highest BCUT2D eigenvalue weighted by Crippen LogP contribution is 2.08. The van der Waals surface area contributed by atoms with E-state index < -0.39 is 29.7 Å². The van der Waals surface area contributed by atoms with E-state index in [4.69, 9.17) is 0 Å². The van der Waals surface area contributed by atoms with Gasteiger partial charge >= 0.3 is 12.0 Å². The number of hydrogen-bond donors (Lipinski definition) is 2. The van der Waals surface area contributed by atoms with Crippen LogP contribution in [0.15, 0.2) is 12.2 Å². The lowest BCUT2D eigenvalue weighted by atomic mass is 10.0. The van der Waals surface area contributed by atoms with Crippen molar-refractivity contribution in [1.82, 2.24) is 10.6 Å². The van der Waals surface area contributed by atoms with Crippen molar-refractivity contribution in [2.24, 2.45) is 5.92 Å². The van der Waals surface area contributed by atoms with Crippen molar-refractivity contribution >= 4 is 23.8 Å². The first-order valence-corrected chi connectivity index (χ1v) is 5.03. The van der Waals surface area contributed by atoms with E-state index in [0.29, 0.717) is 0 Å². The number of barbiturate groups is 1. The minimum absolute atomic E-state index is 0.0315. The summed E-state index contributed by atoms with van der Waals surface area (Å²) < 4.78 is 4.62. The van der Waals surface area contributed by atoms with Crippen LogP contribution in [-0.2, 0) is 19.1 Å². The number of urea groups is 1. The van der Waals surface area contributed by atoms with Gasteiger partial charge in [0.25, 0.3) is 0 Å². The second kappa shape index (κ2) is 5.78. The summed E-state index contributed by atoms with van der Waals surface area (Å²) >= 11 is 0. The fourth-order valence-electron chi connectivity index (χ4n) is 1.25. The zero-order chi connectivity index (χ0) is 12.8. The summed E-state index contributed by atoms with van der Waals surface area (Å²) in [5.74, 6) is -2.89. The average molecular weight is 240 g/mol. The van der Waals surface area contributed by atoms with E-state index in [1.807, 2.05) is 10.6 Å². The molecule has 1 aliphatic rings. The number of imide groups is 2. The molecule has 0 saturated carbocycles. The summed E-state index contributed by atoms with van der Waals surface area (Å²) in [7, 11) is 0. The Kier molecular flexibility index (Phi) is 4.38. The molecule has 1 aliphatic heterocycles. The molecule has 92 valence electrons. The number of nitrogens with one attached hydrogen (secondary N) is 2. The van der Waals surface area contributed by atoms with Gasteiger partial charge in [-0.25, -0.2) is 9.59 Å². The zero-order valence-corrected chi connectivity index (χ0v) is 9.19. The summed E-state index contributed by atoms with van der Waals surface area (Å²) in [6, 6.07) is -0.828. The predicted octanol–water partition coefficient (Wildman–Crippen LogP) is -0.522. The molecule has 0 spiro atoms. The Labute approximate surface area is 97.2 Å². The number of esters is 1. The molecule has 7 nitrogen and oxygen atoms in total. The number of carbonyl (C=O) groups is 4. The van der Waals surface area contributed by atoms with Crippen molar-refractivity contribution in [2.45, 2.75) is 13.3 Å². The third kappa shape index (κ3) is 3.71. The average Bonchev–Trinajstić information content (AvgIpc) is 2.22. The number of carbonyl (C=O) groups excluding carboxylic acids is 4. The Balaban J connectivity index is 2.51. The van der Waals surface area contributed by atoms with E-state index in [9.17, 15) is 19.2 Å². The third-order valence-corrected chi connectivity index (χ3v) is 2.02. The minimum atomic E-state index is -1.00. The lowest BCUT2D eigenvalue weighted by Crippen LogP contribution is -2.55. The maximum Gasteiger partial charge on any atom is 0.330 e. The van der Waals surface area contributed by atoms with E-state index in [1.165, 1.54) is 6.08 Å². The van der Waals surface area contributed by atoms with Crippen LogP contribution in [0.1, 0.15) is 13.3 Å². The van der Waals surface area contributed by atoms with Gasteiger partial charge in [0.2, 0.25) is 11.8 Å². The van der Waals surface area contributed by atoms with Gasteiger partial charge in [-0.3, -0.25) is 20.2 Å². The Morgan fingerprint density at radius 2 is 1.88 bits per heavy atom. The van der Waals surface area contributed by atoms with Gasteiger partial charge in [0.15, 0.2) is 0 Å². The first-order chi connectivity index (χ1) is 8.04. The molecule has 0 aromatic heterocycles. The van der Waals surface area contributed by atoms with Crippen LogP contribution in [-0.4, -0.2) is 30.4 Å². The Hall–Kier alpha value is -2.18. The first-order valence-electron chi connectivity index (χ1n) is 5.03. The summed E-state index contributed by atoms with van der Waals surface area (Å²) in [4.78, 5) is 44.2. The van der Waals surface area contributed by atoms with E-state index in [1.54, 1.807) is 6.92 Å². The van der Waals surface area contributed by atoms with Crippen molar-refractivity contribution in [3.63, 3.8) is 0 Å². The molecule has 0 radical (unpaired) electrons. The lowest BCUT2D eigenvalue weighted by Gasteiger charge is -2.18. The second-order valence-electron chi connectivity index (χ2n) is 3.25. The minimum Gasteiger partial charge on any atom is -0.463 e. The van der Waals surface area contributed by atoms with Gasteiger partial charge < -0.3 is 4.74 Å². The molecule has 0 aromatic carbocycles. The number of rotatable bonds is 4. The van der Waals surface area contributed by atoms with Gasteiger partial charge in [-0.1, -0.05) is 6.08 Å². The molecular weight excluding hydrogens is 228 g/mol. The van der Waals surface area contributed by atoms with Gasteiger partial charge in [0.05, 0.1) is 6.61 Å². The van der Waals surface area contributed by atoms with Crippen molar-refractivity contribution in [2.75, 3.05) is 6.61 Å². The van der Waals surface area contributed by atoms with Crippen molar-refractivity contribution in [3.05, 3.63) is 12.2 Å². The van der Waals surface area contributed by atoms with Crippen LogP contribution in [0.2, 0.25) is 0 Å². The van der Waals surface area contributed by atoms with Crippen LogP contribution < -0.4 is 10.6 Å². The molecule has 0 aliphatic carbocycles. The summed E-state index contributed by atoms with van der Waals surface area (Å²) in [5.41, 5.74) is 0. The van der Waals surface area contributed by atoms with E-state index in [-0.39, 0.29) is 13.0 Å². The summed E-state index contributed by atoms with van der Waals surface area (Å²) in [5, 5.41) is 3.93. The highest BCUT2D eigenvalue weighted by molar-refractivity contribution is 6.16. The summed E-state index contributed by atoms with van der Waals surface area (Å²) in [6.07, 6.45) is 2.53. The molecule has 1 rings (SSSR count). The molecule has 2 N–H and O–H groups in total. The van der Waals surface area contributed by atoms with Crippen LogP contribution in [0.25, 0.3) is 0 Å². The number of allylic oxidation sites excluding steroid dienone is 1. The molecule has 17 heavy (non-hydrogen) atoms. The Morgan fingerprint density at radius 1 is 1.29 bits per heavy atom. The fourth-order valence-corrected chi connectivity index (χ4v) is 1.25. The van der Waals surface area contributed by atoms with E-state index in [2.05, 4.69) is 4.74 Å². The molecule has 0 aromatic rings. The maximum atomic E-state index is 11.3. The van der Waals surface area contributed by atoms with E-state index in [0.717, 1.165) is 6.08 Å². The number of amides is 4. The highest BCUT2D eigenvalue weighted by atomic mass is 16.5. The van der Waals surface area contributed by atoms with Crippen LogP contribution >= 0.6 is 0 Å². The van der Waals surface area contributed by atoms with Crippen molar-refractivity contribution < 1.29 is 23.9 Å². The standard InChI is InChI=1S/C10H12N2O5/c1-2-17-7(13)5-3-4-6-8(14)11-10(16)12-9(6)15/h3,5-6H,2,4H2,1H3,(H2,11,12,14,15,16). The molecule has 1 fully saturated rings. The van der Waals surface area contributed by atoms with Crippen molar-refractivity contribution in [1.29, 1.82) is 0 Å². The predicted molar refractivity (Wildman–Crippen MR) is 55.6 cm³/mol. The van der Waals surface area contributed by atoms with Gasteiger partial charge in [0, 0.05) is 6.08 Å². The van der Waals surface area contributed by atoms with Crippen LogP contribution in [0.4, 0.5) is 4.79 Å². The van der Waals surface area contributed by atoms with Gasteiger partial charge in [0.1, 0.15) is 5.92 Å². The van der Waals surface area contributed by atoms with Crippen molar-refractivity contribution in [3.8, 4) is 0 Å². The largest absolute Gasteiger partial charge is 0.463 e. The molecule has 1 saturated heterocycles. The quantitative estimate of drug-likeness (QED) is 0.391. The van der Waals surface area contributed by atoms with Gasteiger partial charge in [-0.15, -0.1) is 0 Å². The Morgan fingerprint density at radius 3 is 2.41 bits per heavy atom. The monoisotopic (exact) mass is 240 g/mol. The zero-order valence-electron chi connectivity index (χ0n) is 9.19. The molecule has 0 bridgehead atoms. The molecule has 7 heteroatoms. The lowest BCUT2D eigenvalue weighted by molar-refractivity contribution is -0.138. The second-order valence-corrected chi connectivity index (χ2v) is 3.25. The molecular formula is C10H12N2O5. The van der Waals surface area contributed by atoms with Crippen LogP contribution in [0.3, 0.4) is 0 Å². The van der Waals surface area contributed by atoms with E-state index >= 15 is 0 Å². The normalized spacial score (nSPS) is 16.9. The fraction of sp³-hybridized carbons (Fsp3) is 0.400. The number of ether oxygens (including phenoxy) is 1. The molecule has 0 atom stereocenters. The molecule has 4 amide bonds. The highest BCUT2D eigenvalue weighted by Gasteiger charge is 2.32. The topological polar surface area (TPSA) is 102 Å². The van der Waals surface area contributed by atoms with Crippen LogP contribution in [0.5, 0.6) is 0 Å². The SMILES string of the molecule is CCOC(=O)C=CCC1C(=O)NC(=O)NC1=O. The third-order valence-electron chi connectivity index (χ3n) is 2.02. The smallest absolute Gasteiger partial charge is 0.330 e. The Bertz CT molecular complexity index is 368. The molecule has 0 unspecified atom stereocenters. The molecule has 1 heterocycles. The van der Waals surface area contributed by atoms with Gasteiger partial charge in [-0.2, -0.15) is 0 Å². The number of hydrogen-bond acceptors (Lipinski definition) is 5. The maximum absolute atomic E-state index is 11.3.